The van der Waals surface area contributed by atoms with Crippen molar-refractivity contribution >= 4 is 10.8 Å². The molecule has 4 nitrogen and oxygen atoms in total. The van der Waals surface area contributed by atoms with Crippen molar-refractivity contribution in [2.24, 2.45) is 0 Å². The van der Waals surface area contributed by atoms with Crippen molar-refractivity contribution in [1.29, 1.82) is 0 Å². The number of hydrogen-bond acceptors (Lipinski definition) is 4. The van der Waals surface area contributed by atoms with Gasteiger partial charge in [0.05, 0.1) is 12.7 Å². The van der Waals surface area contributed by atoms with Crippen molar-refractivity contribution in [3.8, 4) is 0 Å². The number of nitrogens with one attached hydrogen (secondary N) is 1. The summed E-state index contributed by atoms with van der Waals surface area (Å²) in [6.45, 7) is 4.24. The molecule has 0 saturated carbocycles. The summed E-state index contributed by atoms with van der Waals surface area (Å²) in [5.41, 5.74) is 0. The van der Waals surface area contributed by atoms with Crippen LogP contribution in [0.5, 0.6) is 0 Å². The minimum absolute atomic E-state index is 0.378. The molecule has 0 saturated heterocycles. The van der Waals surface area contributed by atoms with Crippen LogP contribution in [0, 0.1) is 0 Å². The molecule has 0 aromatic carbocycles. The number of aliphatic hydroxyl groups excluding tert-OH is 1. The van der Waals surface area contributed by atoms with Crippen LogP contribution in [0.2, 0.25) is 0 Å². The molecule has 0 aliphatic carbocycles. The Kier molecular flexibility index (Phi) is 9.60. The fourth-order valence-electron chi connectivity index (χ4n) is 0.982. The second-order valence-corrected chi connectivity index (χ2v) is 4.70. The number of ether oxygens (including phenoxy) is 1. The van der Waals surface area contributed by atoms with E-state index in [0.29, 0.717) is 25.5 Å². The molecule has 0 heterocycles. The van der Waals surface area contributed by atoms with Crippen LogP contribution in [0.1, 0.15) is 13.3 Å². The largest absolute Gasteiger partial charge is 0.389 e. The van der Waals surface area contributed by atoms with Crippen LogP contribution in [-0.4, -0.2) is 53.7 Å². The quantitative estimate of drug-likeness (QED) is 0.529. The molecule has 0 aliphatic rings. The van der Waals surface area contributed by atoms with Gasteiger partial charge in [0.2, 0.25) is 0 Å². The molecule has 0 fully saturated rings. The lowest BCUT2D eigenvalue weighted by atomic mass is 10.3. The normalized spacial score (nSPS) is 15.4. The van der Waals surface area contributed by atoms with Gasteiger partial charge in [0.25, 0.3) is 0 Å². The Balaban J connectivity index is 3.14. The Morgan fingerprint density at radius 1 is 1.57 bits per heavy atom. The first-order chi connectivity index (χ1) is 6.66. The summed E-state index contributed by atoms with van der Waals surface area (Å²) < 4.78 is 15.7. The molecular formula is C9H21NO3S. The molecule has 0 bridgehead atoms. The van der Waals surface area contributed by atoms with Crippen molar-refractivity contribution in [2.45, 2.75) is 19.4 Å². The van der Waals surface area contributed by atoms with Gasteiger partial charge in [0.1, 0.15) is 0 Å². The molecule has 0 amide bonds. The van der Waals surface area contributed by atoms with E-state index in [9.17, 15) is 9.32 Å². The molecular weight excluding hydrogens is 202 g/mol. The minimum atomic E-state index is -0.712. The van der Waals surface area contributed by atoms with Crippen molar-refractivity contribution in [2.75, 3.05) is 38.3 Å². The van der Waals surface area contributed by atoms with E-state index < -0.39 is 16.9 Å². The highest BCUT2D eigenvalue weighted by Crippen LogP contribution is 1.85. The van der Waals surface area contributed by atoms with Gasteiger partial charge in [-0.3, -0.25) is 4.21 Å². The lowest BCUT2D eigenvalue weighted by molar-refractivity contribution is 0.0430. The molecule has 0 aliphatic heterocycles. The van der Waals surface area contributed by atoms with Crippen LogP contribution in [0.15, 0.2) is 0 Å². The van der Waals surface area contributed by atoms with Crippen molar-refractivity contribution in [1.82, 2.24) is 5.32 Å². The number of rotatable bonds is 9. The van der Waals surface area contributed by atoms with E-state index in [1.54, 1.807) is 6.26 Å². The smallest absolute Gasteiger partial charge is 0.0897 e. The van der Waals surface area contributed by atoms with E-state index in [4.69, 9.17) is 4.74 Å². The third-order valence-corrected chi connectivity index (χ3v) is 2.54. The first kappa shape index (κ1) is 14.0. The summed E-state index contributed by atoms with van der Waals surface area (Å²) in [6, 6.07) is 0. The van der Waals surface area contributed by atoms with E-state index in [2.05, 4.69) is 5.32 Å². The van der Waals surface area contributed by atoms with Crippen LogP contribution < -0.4 is 5.32 Å². The van der Waals surface area contributed by atoms with Crippen LogP contribution in [0.25, 0.3) is 0 Å². The zero-order valence-electron chi connectivity index (χ0n) is 8.99. The Morgan fingerprint density at radius 3 is 2.86 bits per heavy atom. The van der Waals surface area contributed by atoms with Gasteiger partial charge in [0, 0.05) is 36.0 Å². The van der Waals surface area contributed by atoms with Gasteiger partial charge in [-0.15, -0.1) is 0 Å². The second kappa shape index (κ2) is 9.58. The standard InChI is InChI=1S/C9H21NO3S/c1-3-13-8-9(11)7-10-5-4-6-14(2)12/h9-11H,3-8H2,1-2H3. The van der Waals surface area contributed by atoms with E-state index in [1.807, 2.05) is 6.92 Å². The van der Waals surface area contributed by atoms with Crippen molar-refractivity contribution in [3.63, 3.8) is 0 Å². The lowest BCUT2D eigenvalue weighted by Crippen LogP contribution is -2.31. The maximum absolute atomic E-state index is 10.7. The number of hydrogen-bond donors (Lipinski definition) is 2. The summed E-state index contributed by atoms with van der Waals surface area (Å²) in [5.74, 6) is 0.717. The predicted octanol–water partition coefficient (Wildman–Crippen LogP) is -0.258. The van der Waals surface area contributed by atoms with Gasteiger partial charge in [0.15, 0.2) is 0 Å². The Morgan fingerprint density at radius 2 is 2.29 bits per heavy atom. The van der Waals surface area contributed by atoms with Gasteiger partial charge in [-0.05, 0) is 19.9 Å². The van der Waals surface area contributed by atoms with E-state index >= 15 is 0 Å². The average molecular weight is 223 g/mol. The van der Waals surface area contributed by atoms with Crippen molar-refractivity contribution in [3.05, 3.63) is 0 Å². The average Bonchev–Trinajstić information content (AvgIpc) is 2.13. The fraction of sp³-hybridized carbons (Fsp3) is 1.00. The summed E-state index contributed by atoms with van der Waals surface area (Å²) in [6.07, 6.45) is 2.14. The molecule has 5 heteroatoms. The van der Waals surface area contributed by atoms with E-state index in [-0.39, 0.29) is 0 Å². The number of aliphatic hydroxyl groups is 1. The van der Waals surface area contributed by atoms with Gasteiger partial charge in [-0.2, -0.15) is 0 Å². The summed E-state index contributed by atoms with van der Waals surface area (Å²) in [5, 5.41) is 12.4. The molecule has 2 unspecified atom stereocenters. The monoisotopic (exact) mass is 223 g/mol. The molecule has 0 spiro atoms. The van der Waals surface area contributed by atoms with Crippen LogP contribution in [0.3, 0.4) is 0 Å². The van der Waals surface area contributed by atoms with E-state index in [1.165, 1.54) is 0 Å². The van der Waals surface area contributed by atoms with Gasteiger partial charge in [-0.25, -0.2) is 0 Å². The molecule has 2 atom stereocenters. The molecule has 0 radical (unpaired) electrons. The molecule has 14 heavy (non-hydrogen) atoms. The van der Waals surface area contributed by atoms with E-state index in [0.717, 1.165) is 13.0 Å². The minimum Gasteiger partial charge on any atom is -0.389 e. The van der Waals surface area contributed by atoms with Crippen LogP contribution in [0.4, 0.5) is 0 Å². The predicted molar refractivity (Wildman–Crippen MR) is 58.9 cm³/mol. The molecule has 86 valence electrons. The molecule has 0 rings (SSSR count). The van der Waals surface area contributed by atoms with Gasteiger partial charge < -0.3 is 15.2 Å². The zero-order chi connectivity index (χ0) is 10.8. The highest BCUT2D eigenvalue weighted by atomic mass is 32.2. The summed E-state index contributed by atoms with van der Waals surface area (Å²) >= 11 is 0. The summed E-state index contributed by atoms with van der Waals surface area (Å²) in [4.78, 5) is 0. The molecule has 0 aromatic rings. The fourth-order valence-corrected chi connectivity index (χ4v) is 1.53. The molecule has 0 aromatic heterocycles. The third kappa shape index (κ3) is 10.1. The highest BCUT2D eigenvalue weighted by Gasteiger charge is 2.02. The van der Waals surface area contributed by atoms with Crippen LogP contribution in [-0.2, 0) is 15.5 Å². The highest BCUT2D eigenvalue weighted by molar-refractivity contribution is 7.84. The Bertz CT molecular complexity index is 155. The zero-order valence-corrected chi connectivity index (χ0v) is 9.81. The van der Waals surface area contributed by atoms with Crippen LogP contribution >= 0.6 is 0 Å². The first-order valence-corrected chi connectivity index (χ1v) is 6.66. The third-order valence-electron chi connectivity index (χ3n) is 1.68. The molecule has 2 N–H and O–H groups in total. The summed E-state index contributed by atoms with van der Waals surface area (Å²) in [7, 11) is -0.712. The SMILES string of the molecule is CCOCC(O)CNCCCS(C)=O. The maximum atomic E-state index is 10.7. The van der Waals surface area contributed by atoms with Crippen molar-refractivity contribution < 1.29 is 14.1 Å². The Labute approximate surface area is 88.5 Å². The maximum Gasteiger partial charge on any atom is 0.0897 e. The van der Waals surface area contributed by atoms with Gasteiger partial charge in [-0.1, -0.05) is 0 Å². The lowest BCUT2D eigenvalue weighted by Gasteiger charge is -2.11. The second-order valence-electron chi connectivity index (χ2n) is 3.15. The first-order valence-electron chi connectivity index (χ1n) is 4.93. The van der Waals surface area contributed by atoms with Gasteiger partial charge >= 0.3 is 0 Å². The topological polar surface area (TPSA) is 58.6 Å². The Hall–Kier alpha value is 0.0300.